The predicted molar refractivity (Wildman–Crippen MR) is 83.9 cm³/mol. The van der Waals surface area contributed by atoms with Gasteiger partial charge < -0.3 is 10.2 Å². The van der Waals surface area contributed by atoms with Crippen molar-refractivity contribution >= 4 is 11.7 Å². The number of likely N-dealkylation sites (tertiary alicyclic amines) is 1. The fourth-order valence-corrected chi connectivity index (χ4v) is 2.88. The van der Waals surface area contributed by atoms with Gasteiger partial charge in [0.05, 0.1) is 0 Å². The quantitative estimate of drug-likeness (QED) is 0.875. The summed E-state index contributed by atoms with van der Waals surface area (Å²) in [6.45, 7) is 6.03. The number of anilines is 1. The van der Waals surface area contributed by atoms with E-state index >= 15 is 0 Å². The van der Waals surface area contributed by atoms with Gasteiger partial charge in [0.25, 0.3) is 0 Å². The van der Waals surface area contributed by atoms with Crippen molar-refractivity contribution < 1.29 is 4.79 Å². The van der Waals surface area contributed by atoms with E-state index in [1.807, 2.05) is 17.0 Å². The van der Waals surface area contributed by atoms with E-state index in [2.05, 4.69) is 29.4 Å². The zero-order valence-corrected chi connectivity index (χ0v) is 13.1. The average molecular weight is 290 g/mol. The van der Waals surface area contributed by atoms with E-state index in [0.717, 1.165) is 44.6 Å². The Morgan fingerprint density at radius 1 is 1.48 bits per heavy atom. The van der Waals surface area contributed by atoms with Crippen LogP contribution in [0.3, 0.4) is 0 Å². The molecule has 0 aliphatic carbocycles. The third kappa shape index (κ3) is 4.99. The minimum absolute atomic E-state index is 0.314. The molecule has 1 aromatic heterocycles. The maximum absolute atomic E-state index is 12.2. The zero-order valence-electron chi connectivity index (χ0n) is 13.1. The summed E-state index contributed by atoms with van der Waals surface area (Å²) >= 11 is 0. The summed E-state index contributed by atoms with van der Waals surface area (Å²) in [6.07, 6.45) is 6.60. The Balaban J connectivity index is 1.74. The standard InChI is InChI=1S/C16H26N4O/c1-3-5-13(2)12-16(21)20-10-7-14(8-11-20)18-15-6-4-9-17-19-15/h4,6,9,13-14H,3,5,7-8,10-12H2,1-2H3,(H,18,19)/t13-/m1/s1. The summed E-state index contributed by atoms with van der Waals surface area (Å²) in [5.74, 6) is 1.63. The Hall–Kier alpha value is -1.65. The van der Waals surface area contributed by atoms with E-state index in [1.54, 1.807) is 6.20 Å². The summed E-state index contributed by atoms with van der Waals surface area (Å²) in [6, 6.07) is 4.19. The van der Waals surface area contributed by atoms with E-state index in [4.69, 9.17) is 0 Å². The molecule has 1 amide bonds. The maximum atomic E-state index is 12.2. The summed E-state index contributed by atoms with van der Waals surface area (Å²) in [5.41, 5.74) is 0. The molecule has 0 unspecified atom stereocenters. The van der Waals surface area contributed by atoms with Crippen LogP contribution in [-0.2, 0) is 4.79 Å². The summed E-state index contributed by atoms with van der Waals surface area (Å²) < 4.78 is 0. The van der Waals surface area contributed by atoms with Crippen molar-refractivity contribution in [3.63, 3.8) is 0 Å². The lowest BCUT2D eigenvalue weighted by atomic mass is 9.99. The molecule has 1 saturated heterocycles. The van der Waals surface area contributed by atoms with Gasteiger partial charge in [-0.15, -0.1) is 5.10 Å². The van der Waals surface area contributed by atoms with E-state index in [-0.39, 0.29) is 0 Å². The Morgan fingerprint density at radius 2 is 2.24 bits per heavy atom. The number of nitrogens with one attached hydrogen (secondary N) is 1. The molecule has 0 saturated carbocycles. The first-order valence-electron chi connectivity index (χ1n) is 8.01. The fourth-order valence-electron chi connectivity index (χ4n) is 2.88. The molecular formula is C16H26N4O. The molecule has 0 aromatic carbocycles. The summed E-state index contributed by atoms with van der Waals surface area (Å²) in [7, 11) is 0. The molecule has 0 spiro atoms. The minimum atomic E-state index is 0.314. The number of amides is 1. The topological polar surface area (TPSA) is 58.1 Å². The number of hydrogen-bond acceptors (Lipinski definition) is 4. The zero-order chi connectivity index (χ0) is 15.1. The molecule has 1 atom stereocenters. The Kier molecular flexibility index (Phi) is 5.96. The lowest BCUT2D eigenvalue weighted by Crippen LogP contribution is -2.42. The lowest BCUT2D eigenvalue weighted by Gasteiger charge is -2.33. The van der Waals surface area contributed by atoms with Gasteiger partial charge in [0.1, 0.15) is 5.82 Å². The molecule has 0 bridgehead atoms. The first kappa shape index (κ1) is 15.7. The second kappa shape index (κ2) is 7.96. The van der Waals surface area contributed by atoms with Crippen molar-refractivity contribution in [1.29, 1.82) is 0 Å². The van der Waals surface area contributed by atoms with Crippen LogP contribution in [0.2, 0.25) is 0 Å². The van der Waals surface area contributed by atoms with Gasteiger partial charge in [-0.1, -0.05) is 26.7 Å². The highest BCUT2D eigenvalue weighted by atomic mass is 16.2. The number of aromatic nitrogens is 2. The molecule has 5 heteroatoms. The smallest absolute Gasteiger partial charge is 0.222 e. The first-order valence-corrected chi connectivity index (χ1v) is 8.01. The normalized spacial score (nSPS) is 17.5. The van der Waals surface area contributed by atoms with Crippen molar-refractivity contribution in [2.24, 2.45) is 5.92 Å². The van der Waals surface area contributed by atoms with Crippen LogP contribution in [0, 0.1) is 5.92 Å². The van der Waals surface area contributed by atoms with Gasteiger partial charge >= 0.3 is 0 Å². The Morgan fingerprint density at radius 3 is 2.86 bits per heavy atom. The van der Waals surface area contributed by atoms with Crippen LogP contribution < -0.4 is 5.32 Å². The van der Waals surface area contributed by atoms with Gasteiger partial charge in [-0.2, -0.15) is 5.10 Å². The number of carbonyl (C=O) groups is 1. The van der Waals surface area contributed by atoms with E-state index in [1.165, 1.54) is 0 Å². The molecule has 1 aliphatic rings. The summed E-state index contributed by atoms with van der Waals surface area (Å²) in [4.78, 5) is 14.2. The van der Waals surface area contributed by atoms with Crippen LogP contribution in [-0.4, -0.2) is 40.1 Å². The van der Waals surface area contributed by atoms with Gasteiger partial charge in [-0.05, 0) is 30.9 Å². The second-order valence-corrected chi connectivity index (χ2v) is 6.01. The third-order valence-corrected chi connectivity index (χ3v) is 4.08. The van der Waals surface area contributed by atoms with Crippen molar-refractivity contribution in [1.82, 2.24) is 15.1 Å². The number of carbonyl (C=O) groups excluding carboxylic acids is 1. The molecule has 21 heavy (non-hydrogen) atoms. The largest absolute Gasteiger partial charge is 0.366 e. The molecular weight excluding hydrogens is 264 g/mol. The molecule has 2 heterocycles. The van der Waals surface area contributed by atoms with Crippen LogP contribution in [0.5, 0.6) is 0 Å². The number of nitrogens with zero attached hydrogens (tertiary/aromatic N) is 3. The molecule has 1 fully saturated rings. The highest BCUT2D eigenvalue weighted by molar-refractivity contribution is 5.76. The average Bonchev–Trinajstić information content (AvgIpc) is 2.49. The lowest BCUT2D eigenvalue weighted by molar-refractivity contribution is -0.133. The van der Waals surface area contributed by atoms with Gasteiger partial charge in [-0.3, -0.25) is 4.79 Å². The number of piperidine rings is 1. The van der Waals surface area contributed by atoms with Crippen LogP contribution in [0.1, 0.15) is 46.0 Å². The Labute approximate surface area is 127 Å². The van der Waals surface area contributed by atoms with E-state index in [9.17, 15) is 4.79 Å². The molecule has 1 aliphatic heterocycles. The van der Waals surface area contributed by atoms with Crippen molar-refractivity contribution in [3.8, 4) is 0 Å². The maximum Gasteiger partial charge on any atom is 0.222 e. The Bertz CT molecular complexity index is 429. The van der Waals surface area contributed by atoms with Crippen LogP contribution in [0.15, 0.2) is 18.3 Å². The molecule has 116 valence electrons. The van der Waals surface area contributed by atoms with Crippen LogP contribution in [0.4, 0.5) is 5.82 Å². The molecule has 5 nitrogen and oxygen atoms in total. The SMILES string of the molecule is CCC[C@@H](C)CC(=O)N1CCC(Nc2cccnn2)CC1. The molecule has 0 radical (unpaired) electrons. The predicted octanol–water partition coefficient (Wildman–Crippen LogP) is 2.71. The highest BCUT2D eigenvalue weighted by Crippen LogP contribution is 2.18. The van der Waals surface area contributed by atoms with E-state index in [0.29, 0.717) is 24.3 Å². The monoisotopic (exact) mass is 290 g/mol. The minimum Gasteiger partial charge on any atom is -0.366 e. The third-order valence-electron chi connectivity index (χ3n) is 4.08. The molecule has 1 aromatic rings. The van der Waals surface area contributed by atoms with Crippen molar-refractivity contribution in [2.75, 3.05) is 18.4 Å². The fraction of sp³-hybridized carbons (Fsp3) is 0.688. The first-order chi connectivity index (χ1) is 10.2. The summed E-state index contributed by atoms with van der Waals surface area (Å²) in [5, 5.41) is 11.3. The van der Waals surface area contributed by atoms with Gasteiger partial charge in [-0.25, -0.2) is 0 Å². The van der Waals surface area contributed by atoms with Gasteiger partial charge in [0, 0.05) is 31.7 Å². The second-order valence-electron chi connectivity index (χ2n) is 6.01. The highest BCUT2D eigenvalue weighted by Gasteiger charge is 2.23. The van der Waals surface area contributed by atoms with Crippen LogP contribution in [0.25, 0.3) is 0 Å². The van der Waals surface area contributed by atoms with Gasteiger partial charge in [0.15, 0.2) is 0 Å². The van der Waals surface area contributed by atoms with Crippen molar-refractivity contribution in [2.45, 2.75) is 52.0 Å². The van der Waals surface area contributed by atoms with E-state index < -0.39 is 0 Å². The van der Waals surface area contributed by atoms with Crippen LogP contribution >= 0.6 is 0 Å². The number of rotatable bonds is 6. The number of hydrogen-bond donors (Lipinski definition) is 1. The van der Waals surface area contributed by atoms with Gasteiger partial charge in [0.2, 0.25) is 5.91 Å². The van der Waals surface area contributed by atoms with Crippen molar-refractivity contribution in [3.05, 3.63) is 18.3 Å². The molecule has 1 N–H and O–H groups in total. The molecule has 2 rings (SSSR count).